The predicted molar refractivity (Wildman–Crippen MR) is 73.6 cm³/mol. The van der Waals surface area contributed by atoms with Gasteiger partial charge in [0.1, 0.15) is 17.0 Å². The van der Waals surface area contributed by atoms with Gasteiger partial charge in [-0.15, -0.1) is 0 Å². The lowest BCUT2D eigenvalue weighted by Gasteiger charge is -2.11. The summed E-state index contributed by atoms with van der Waals surface area (Å²) in [6.07, 6.45) is 0. The van der Waals surface area contributed by atoms with Crippen LogP contribution in [-0.4, -0.2) is 27.4 Å². The molecule has 6 nitrogen and oxygen atoms in total. The maximum atomic E-state index is 12.4. The predicted octanol–water partition coefficient (Wildman–Crippen LogP) is 1.81. The van der Waals surface area contributed by atoms with Crippen molar-refractivity contribution in [1.29, 1.82) is 0 Å². The van der Waals surface area contributed by atoms with Crippen LogP contribution in [0, 0.1) is 0 Å². The zero-order chi connectivity index (χ0) is 14.4. The van der Waals surface area contributed by atoms with E-state index in [9.17, 15) is 20.1 Å². The maximum absolute atomic E-state index is 12.4. The second-order valence-electron chi connectivity index (χ2n) is 4.35. The van der Waals surface area contributed by atoms with Crippen molar-refractivity contribution in [3.05, 3.63) is 34.5 Å². The molecule has 0 aliphatic carbocycles. The molecular formula is C14H11NO5. The van der Waals surface area contributed by atoms with Crippen molar-refractivity contribution in [2.75, 3.05) is 7.11 Å². The van der Waals surface area contributed by atoms with Gasteiger partial charge in [-0.3, -0.25) is 4.79 Å². The highest BCUT2D eigenvalue weighted by molar-refractivity contribution is 6.01. The van der Waals surface area contributed by atoms with Crippen molar-refractivity contribution >= 4 is 21.8 Å². The summed E-state index contributed by atoms with van der Waals surface area (Å²) < 4.78 is 5.04. The lowest BCUT2D eigenvalue weighted by molar-refractivity contribution is 0.374. The molecule has 6 heteroatoms. The van der Waals surface area contributed by atoms with Crippen LogP contribution in [0.2, 0.25) is 0 Å². The smallest absolute Gasteiger partial charge is 0.201 e. The van der Waals surface area contributed by atoms with E-state index in [1.165, 1.54) is 25.3 Å². The number of hydrogen-bond donors (Lipinski definition) is 4. The number of rotatable bonds is 1. The SMILES string of the molecule is COc1c(O)cc(O)c2c(=O)c3cccc(O)c3[nH]c12. The Hall–Kier alpha value is -2.89. The first-order valence-corrected chi connectivity index (χ1v) is 5.81. The van der Waals surface area contributed by atoms with Crippen molar-refractivity contribution in [1.82, 2.24) is 4.98 Å². The Labute approximate surface area is 112 Å². The number of pyridine rings is 1. The lowest BCUT2D eigenvalue weighted by Crippen LogP contribution is -2.05. The molecule has 0 aliphatic rings. The molecule has 0 saturated carbocycles. The topological polar surface area (TPSA) is 103 Å². The largest absolute Gasteiger partial charge is 0.507 e. The first-order valence-electron chi connectivity index (χ1n) is 5.81. The highest BCUT2D eigenvalue weighted by atomic mass is 16.5. The van der Waals surface area contributed by atoms with Gasteiger partial charge >= 0.3 is 0 Å². The Morgan fingerprint density at radius 1 is 1.05 bits per heavy atom. The van der Waals surface area contributed by atoms with E-state index < -0.39 is 5.43 Å². The van der Waals surface area contributed by atoms with E-state index in [4.69, 9.17) is 4.74 Å². The van der Waals surface area contributed by atoms with Gasteiger partial charge in [-0.25, -0.2) is 0 Å². The molecule has 3 aromatic rings. The highest BCUT2D eigenvalue weighted by Gasteiger charge is 2.18. The number of hydrogen-bond acceptors (Lipinski definition) is 5. The summed E-state index contributed by atoms with van der Waals surface area (Å²) in [6.45, 7) is 0. The van der Waals surface area contributed by atoms with Gasteiger partial charge in [-0.2, -0.15) is 0 Å². The fourth-order valence-electron chi connectivity index (χ4n) is 2.31. The molecule has 0 fully saturated rings. The van der Waals surface area contributed by atoms with E-state index in [-0.39, 0.29) is 44.8 Å². The van der Waals surface area contributed by atoms with E-state index >= 15 is 0 Å². The normalized spacial score (nSPS) is 11.1. The minimum absolute atomic E-state index is 0.00208. The van der Waals surface area contributed by atoms with Crippen LogP contribution < -0.4 is 10.2 Å². The molecule has 20 heavy (non-hydrogen) atoms. The molecule has 1 heterocycles. The fraction of sp³-hybridized carbons (Fsp3) is 0.0714. The molecule has 4 N–H and O–H groups in total. The van der Waals surface area contributed by atoms with Crippen molar-refractivity contribution < 1.29 is 20.1 Å². The average Bonchev–Trinajstić information content (AvgIpc) is 2.40. The van der Waals surface area contributed by atoms with Gasteiger partial charge in [0.2, 0.25) is 5.43 Å². The number of aromatic hydroxyl groups is 3. The molecule has 2 aromatic carbocycles. The third-order valence-electron chi connectivity index (χ3n) is 3.21. The van der Waals surface area contributed by atoms with E-state index in [1.807, 2.05) is 0 Å². The molecule has 102 valence electrons. The third kappa shape index (κ3) is 1.48. The lowest BCUT2D eigenvalue weighted by atomic mass is 10.1. The number of aromatic nitrogens is 1. The molecule has 0 unspecified atom stereocenters. The monoisotopic (exact) mass is 273 g/mol. The number of benzene rings is 2. The molecule has 0 amide bonds. The van der Waals surface area contributed by atoms with Crippen molar-refractivity contribution in [3.8, 4) is 23.0 Å². The molecule has 0 atom stereocenters. The number of phenols is 3. The number of H-pyrrole nitrogens is 1. The quantitative estimate of drug-likeness (QED) is 0.506. The third-order valence-corrected chi connectivity index (χ3v) is 3.21. The van der Waals surface area contributed by atoms with Crippen LogP contribution in [0.1, 0.15) is 0 Å². The van der Waals surface area contributed by atoms with Gasteiger partial charge in [0.05, 0.1) is 23.4 Å². The second-order valence-corrected chi connectivity index (χ2v) is 4.35. The molecule has 0 saturated heterocycles. The van der Waals surface area contributed by atoms with Gasteiger partial charge in [0, 0.05) is 6.07 Å². The Bertz CT molecular complexity index is 898. The summed E-state index contributed by atoms with van der Waals surface area (Å²) in [5.74, 6) is -0.737. The Balaban J connectivity index is 2.67. The summed E-state index contributed by atoms with van der Waals surface area (Å²) in [5, 5.41) is 29.7. The van der Waals surface area contributed by atoms with Crippen LogP contribution in [0.3, 0.4) is 0 Å². The van der Waals surface area contributed by atoms with Crippen molar-refractivity contribution in [2.45, 2.75) is 0 Å². The number of ether oxygens (including phenoxy) is 1. The van der Waals surface area contributed by atoms with Crippen LogP contribution in [0.5, 0.6) is 23.0 Å². The second kappa shape index (κ2) is 4.06. The first kappa shape index (κ1) is 12.2. The standard InChI is InChI=1S/C14H11NO5/c1-20-14-9(18)5-8(17)10-12(14)15-11-6(13(10)19)3-2-4-7(11)16/h2-5,16-18H,1H3,(H,15,19). The zero-order valence-electron chi connectivity index (χ0n) is 10.5. The molecule has 0 spiro atoms. The summed E-state index contributed by atoms with van der Waals surface area (Å²) in [6, 6.07) is 5.55. The van der Waals surface area contributed by atoms with Gasteiger partial charge in [0.25, 0.3) is 0 Å². The van der Waals surface area contributed by atoms with E-state index in [0.717, 1.165) is 6.07 Å². The first-order chi connectivity index (χ1) is 9.54. The number of nitrogens with one attached hydrogen (secondary N) is 1. The maximum Gasteiger partial charge on any atom is 0.201 e. The molecule has 0 bridgehead atoms. The molecule has 3 rings (SSSR count). The molecule has 0 radical (unpaired) electrons. The Kier molecular flexibility index (Phi) is 2.47. The van der Waals surface area contributed by atoms with Crippen LogP contribution in [0.15, 0.2) is 29.1 Å². The Morgan fingerprint density at radius 2 is 1.80 bits per heavy atom. The molecular weight excluding hydrogens is 262 g/mol. The minimum Gasteiger partial charge on any atom is -0.507 e. The summed E-state index contributed by atoms with van der Waals surface area (Å²) in [4.78, 5) is 15.2. The number of fused-ring (bicyclic) bond motifs is 2. The fourth-order valence-corrected chi connectivity index (χ4v) is 2.31. The van der Waals surface area contributed by atoms with Crippen LogP contribution in [0.25, 0.3) is 21.8 Å². The zero-order valence-corrected chi connectivity index (χ0v) is 10.5. The van der Waals surface area contributed by atoms with Crippen molar-refractivity contribution in [2.24, 2.45) is 0 Å². The van der Waals surface area contributed by atoms with Crippen LogP contribution in [0.4, 0.5) is 0 Å². The van der Waals surface area contributed by atoms with Gasteiger partial charge in [-0.1, -0.05) is 6.07 Å². The average molecular weight is 273 g/mol. The minimum atomic E-state index is -0.458. The number of aromatic amines is 1. The summed E-state index contributed by atoms with van der Waals surface area (Å²) in [7, 11) is 1.33. The number of para-hydroxylation sites is 1. The molecule has 1 aromatic heterocycles. The molecule has 0 aliphatic heterocycles. The number of methoxy groups -OCH3 is 1. The van der Waals surface area contributed by atoms with Crippen LogP contribution >= 0.6 is 0 Å². The number of phenolic OH excluding ortho intramolecular Hbond substituents is 3. The van der Waals surface area contributed by atoms with Gasteiger partial charge < -0.3 is 25.0 Å². The van der Waals surface area contributed by atoms with E-state index in [1.54, 1.807) is 0 Å². The van der Waals surface area contributed by atoms with Crippen molar-refractivity contribution in [3.63, 3.8) is 0 Å². The van der Waals surface area contributed by atoms with E-state index in [2.05, 4.69) is 4.98 Å². The Morgan fingerprint density at radius 3 is 2.50 bits per heavy atom. The van der Waals surface area contributed by atoms with Gasteiger partial charge in [-0.05, 0) is 12.1 Å². The summed E-state index contributed by atoms with van der Waals surface area (Å²) in [5.41, 5.74) is -0.113. The van der Waals surface area contributed by atoms with E-state index in [0.29, 0.717) is 0 Å². The summed E-state index contributed by atoms with van der Waals surface area (Å²) >= 11 is 0. The van der Waals surface area contributed by atoms with Crippen LogP contribution in [-0.2, 0) is 0 Å². The highest BCUT2D eigenvalue weighted by Crippen LogP contribution is 2.39. The van der Waals surface area contributed by atoms with Gasteiger partial charge in [0.15, 0.2) is 11.5 Å².